The lowest BCUT2D eigenvalue weighted by Gasteiger charge is -2.15. The lowest BCUT2D eigenvalue weighted by molar-refractivity contribution is 0.0774. The van der Waals surface area contributed by atoms with Crippen LogP contribution in [0.25, 0.3) is 0 Å². The van der Waals surface area contributed by atoms with E-state index in [-0.39, 0.29) is 12.5 Å². The summed E-state index contributed by atoms with van der Waals surface area (Å²) in [6.07, 6.45) is 0. The van der Waals surface area contributed by atoms with Crippen LogP contribution in [-0.4, -0.2) is 49.3 Å². The molecular formula is C11H19N3O3S. The molecule has 0 spiro atoms. The number of nitrogens with two attached hydrogens (primary N) is 1. The normalized spacial score (nSPS) is 10.9. The van der Waals surface area contributed by atoms with Crippen LogP contribution < -0.4 is 11.3 Å². The van der Waals surface area contributed by atoms with Crippen LogP contribution >= 0.6 is 11.3 Å². The van der Waals surface area contributed by atoms with Gasteiger partial charge in [-0.25, -0.2) is 5.84 Å². The van der Waals surface area contributed by atoms with Crippen LogP contribution in [-0.2, 0) is 11.3 Å². The zero-order valence-electron chi connectivity index (χ0n) is 10.4. The van der Waals surface area contributed by atoms with Crippen molar-refractivity contribution in [3.8, 4) is 0 Å². The van der Waals surface area contributed by atoms with Gasteiger partial charge in [0.1, 0.15) is 0 Å². The second kappa shape index (κ2) is 8.17. The molecule has 0 bridgehead atoms. The number of aliphatic hydroxyl groups excluding tert-OH is 1. The fourth-order valence-electron chi connectivity index (χ4n) is 1.39. The molecule has 1 amide bonds. The second-order valence-corrected chi connectivity index (χ2v) is 4.98. The molecule has 0 aromatic carbocycles. The monoisotopic (exact) mass is 273 g/mol. The predicted molar refractivity (Wildman–Crippen MR) is 70.2 cm³/mol. The number of hydrazine groups is 1. The minimum atomic E-state index is -0.264. The lowest BCUT2D eigenvalue weighted by atomic mass is 10.4. The van der Waals surface area contributed by atoms with Crippen molar-refractivity contribution in [1.82, 2.24) is 10.3 Å². The smallest absolute Gasteiger partial charge is 0.275 e. The highest BCUT2D eigenvalue weighted by atomic mass is 32.1. The third-order valence-corrected chi connectivity index (χ3v) is 3.36. The number of carbonyl (C=O) groups is 1. The summed E-state index contributed by atoms with van der Waals surface area (Å²) in [6.45, 7) is 2.53. The predicted octanol–water partition coefficient (Wildman–Crippen LogP) is -0.208. The minimum absolute atomic E-state index is 0.0478. The number of ether oxygens (including phenoxy) is 1. The molecule has 0 atom stereocenters. The Labute approximate surface area is 110 Å². The molecule has 0 radical (unpaired) electrons. The van der Waals surface area contributed by atoms with Gasteiger partial charge in [-0.2, -0.15) is 0 Å². The van der Waals surface area contributed by atoms with E-state index in [2.05, 4.69) is 10.3 Å². The van der Waals surface area contributed by atoms with Crippen molar-refractivity contribution in [1.29, 1.82) is 0 Å². The first-order valence-corrected chi connectivity index (χ1v) is 6.46. The van der Waals surface area contributed by atoms with E-state index in [1.807, 2.05) is 13.1 Å². The number of thiophene rings is 1. The van der Waals surface area contributed by atoms with E-state index >= 15 is 0 Å². The van der Waals surface area contributed by atoms with Crippen molar-refractivity contribution in [3.63, 3.8) is 0 Å². The molecule has 1 heterocycles. The topological polar surface area (TPSA) is 87.8 Å². The highest BCUT2D eigenvalue weighted by Gasteiger charge is 2.08. The van der Waals surface area contributed by atoms with E-state index in [0.29, 0.717) is 18.1 Å². The van der Waals surface area contributed by atoms with Gasteiger partial charge in [0, 0.05) is 18.0 Å². The summed E-state index contributed by atoms with van der Waals surface area (Å²) in [5.41, 5.74) is 2.11. The third kappa shape index (κ3) is 5.11. The molecular weight excluding hydrogens is 254 g/mol. The molecule has 0 unspecified atom stereocenters. The van der Waals surface area contributed by atoms with Crippen LogP contribution in [0, 0.1) is 0 Å². The van der Waals surface area contributed by atoms with Gasteiger partial charge in [-0.3, -0.25) is 15.1 Å². The SMILES string of the molecule is CN(CCOCCO)Cc1ccc(C(=O)NN)s1. The van der Waals surface area contributed by atoms with Gasteiger partial charge >= 0.3 is 0 Å². The first kappa shape index (κ1) is 15.1. The quantitative estimate of drug-likeness (QED) is 0.264. The van der Waals surface area contributed by atoms with Gasteiger partial charge < -0.3 is 9.84 Å². The van der Waals surface area contributed by atoms with Gasteiger partial charge in [0.05, 0.1) is 24.7 Å². The fourth-order valence-corrected chi connectivity index (χ4v) is 2.38. The highest BCUT2D eigenvalue weighted by molar-refractivity contribution is 7.14. The molecule has 6 nitrogen and oxygen atoms in total. The van der Waals surface area contributed by atoms with Crippen molar-refractivity contribution in [2.45, 2.75) is 6.54 Å². The Morgan fingerprint density at radius 3 is 3.00 bits per heavy atom. The average Bonchev–Trinajstić information content (AvgIpc) is 2.82. The summed E-state index contributed by atoms with van der Waals surface area (Å²) >= 11 is 1.42. The molecule has 0 aliphatic rings. The fraction of sp³-hybridized carbons (Fsp3) is 0.545. The van der Waals surface area contributed by atoms with Crippen molar-refractivity contribution in [2.75, 3.05) is 33.4 Å². The number of nitrogen functional groups attached to an aromatic ring is 1. The number of nitrogens with one attached hydrogen (secondary N) is 1. The largest absolute Gasteiger partial charge is 0.394 e. The number of amides is 1. The van der Waals surface area contributed by atoms with Crippen LogP contribution in [0.15, 0.2) is 12.1 Å². The van der Waals surface area contributed by atoms with Crippen LogP contribution in [0.5, 0.6) is 0 Å². The standard InChI is InChI=1S/C11H19N3O3S/c1-14(4-6-17-7-5-15)8-9-2-3-10(18-9)11(16)13-12/h2-3,15H,4-8,12H2,1H3,(H,13,16). The second-order valence-electron chi connectivity index (χ2n) is 3.81. The van der Waals surface area contributed by atoms with Gasteiger partial charge in [0.25, 0.3) is 5.91 Å². The summed E-state index contributed by atoms with van der Waals surface area (Å²) in [4.78, 5) is 15.1. The Kier molecular flexibility index (Phi) is 6.84. The van der Waals surface area contributed by atoms with E-state index in [9.17, 15) is 4.79 Å². The van der Waals surface area contributed by atoms with Gasteiger partial charge in [0.2, 0.25) is 0 Å². The molecule has 0 fully saturated rings. The molecule has 1 rings (SSSR count). The Bertz CT molecular complexity index is 370. The summed E-state index contributed by atoms with van der Waals surface area (Å²) in [5, 5.41) is 8.56. The van der Waals surface area contributed by atoms with Crippen molar-refractivity contribution < 1.29 is 14.6 Å². The van der Waals surface area contributed by atoms with Crippen LogP contribution in [0.1, 0.15) is 14.5 Å². The summed E-state index contributed by atoms with van der Waals surface area (Å²) < 4.78 is 5.18. The van der Waals surface area contributed by atoms with E-state index in [1.165, 1.54) is 11.3 Å². The first-order valence-electron chi connectivity index (χ1n) is 5.64. The van der Waals surface area contributed by atoms with E-state index < -0.39 is 0 Å². The molecule has 1 aromatic rings. The number of rotatable bonds is 8. The Hall–Kier alpha value is -0.990. The van der Waals surface area contributed by atoms with Gasteiger partial charge in [0.15, 0.2) is 0 Å². The van der Waals surface area contributed by atoms with E-state index in [1.54, 1.807) is 6.07 Å². The number of hydrogen-bond donors (Lipinski definition) is 3. The number of carbonyl (C=O) groups excluding carboxylic acids is 1. The number of aliphatic hydroxyl groups is 1. The molecule has 18 heavy (non-hydrogen) atoms. The molecule has 102 valence electrons. The first-order chi connectivity index (χ1) is 8.67. The Morgan fingerprint density at radius 1 is 1.56 bits per heavy atom. The molecule has 0 saturated carbocycles. The van der Waals surface area contributed by atoms with Crippen LogP contribution in [0.2, 0.25) is 0 Å². The molecule has 0 saturated heterocycles. The van der Waals surface area contributed by atoms with Crippen molar-refractivity contribution in [2.24, 2.45) is 5.84 Å². The maximum atomic E-state index is 11.3. The molecule has 0 aliphatic heterocycles. The third-order valence-electron chi connectivity index (χ3n) is 2.30. The van der Waals surface area contributed by atoms with Crippen LogP contribution in [0.4, 0.5) is 0 Å². The summed E-state index contributed by atoms with van der Waals surface area (Å²) in [7, 11) is 1.98. The summed E-state index contributed by atoms with van der Waals surface area (Å²) in [5.74, 6) is 4.80. The van der Waals surface area contributed by atoms with E-state index in [4.69, 9.17) is 15.7 Å². The zero-order valence-corrected chi connectivity index (χ0v) is 11.2. The van der Waals surface area contributed by atoms with Crippen molar-refractivity contribution >= 4 is 17.2 Å². The van der Waals surface area contributed by atoms with Gasteiger partial charge in [-0.05, 0) is 19.2 Å². The minimum Gasteiger partial charge on any atom is -0.394 e. The Balaban J connectivity index is 2.33. The zero-order chi connectivity index (χ0) is 13.4. The van der Waals surface area contributed by atoms with Crippen molar-refractivity contribution in [3.05, 3.63) is 21.9 Å². The molecule has 0 aliphatic carbocycles. The molecule has 4 N–H and O–H groups in total. The summed E-state index contributed by atoms with van der Waals surface area (Å²) in [6, 6.07) is 3.68. The average molecular weight is 273 g/mol. The highest BCUT2D eigenvalue weighted by Crippen LogP contribution is 2.17. The lowest BCUT2D eigenvalue weighted by Crippen LogP contribution is -2.29. The number of likely N-dealkylation sites (N-methyl/N-ethyl adjacent to an activating group) is 1. The molecule has 7 heteroatoms. The van der Waals surface area contributed by atoms with E-state index in [0.717, 1.165) is 18.0 Å². The number of hydrogen-bond acceptors (Lipinski definition) is 6. The maximum absolute atomic E-state index is 11.3. The number of nitrogens with zero attached hydrogens (tertiary/aromatic N) is 1. The maximum Gasteiger partial charge on any atom is 0.275 e. The Morgan fingerprint density at radius 2 is 2.33 bits per heavy atom. The van der Waals surface area contributed by atoms with Crippen LogP contribution in [0.3, 0.4) is 0 Å². The van der Waals surface area contributed by atoms with Gasteiger partial charge in [-0.15, -0.1) is 11.3 Å². The van der Waals surface area contributed by atoms with Gasteiger partial charge in [-0.1, -0.05) is 0 Å². The molecule has 1 aromatic heterocycles.